The van der Waals surface area contributed by atoms with E-state index in [4.69, 9.17) is 16.3 Å². The second-order valence-electron chi connectivity index (χ2n) is 7.96. The summed E-state index contributed by atoms with van der Waals surface area (Å²) in [6.07, 6.45) is 3.97. The number of ether oxygens (including phenoxy) is 1. The van der Waals surface area contributed by atoms with Crippen molar-refractivity contribution in [3.63, 3.8) is 0 Å². The lowest BCUT2D eigenvalue weighted by molar-refractivity contribution is 0.0899. The fraction of sp³-hybridized carbons (Fsp3) is 0.300. The first-order chi connectivity index (χ1) is 12.9. The molecule has 0 spiro atoms. The molecule has 0 unspecified atom stereocenters. The molecule has 0 aliphatic heterocycles. The van der Waals surface area contributed by atoms with Crippen LogP contribution in [0.2, 0.25) is 31.0 Å². The van der Waals surface area contributed by atoms with Crippen LogP contribution in [0, 0.1) is 0 Å². The first-order valence-corrected chi connectivity index (χ1v) is 13.2. The molecule has 5 nitrogen and oxygen atoms in total. The molecule has 1 aromatic carbocycles. The molecule has 0 atom stereocenters. The summed E-state index contributed by atoms with van der Waals surface area (Å²) < 4.78 is 7.88. The summed E-state index contributed by atoms with van der Waals surface area (Å²) in [4.78, 5) is 12.3. The minimum atomic E-state index is -1.10. The van der Waals surface area contributed by atoms with Crippen LogP contribution in [-0.4, -0.2) is 34.2 Å². The summed E-state index contributed by atoms with van der Waals surface area (Å²) in [6, 6.07) is 11.3. The number of aromatic amines is 1. The minimum absolute atomic E-state index is 0.241. The molecular weight excluding hydrogens is 376 g/mol. The normalized spacial score (nSPS) is 12.3. The van der Waals surface area contributed by atoms with Gasteiger partial charge in [-0.15, -0.1) is 0 Å². The SMILES string of the molecule is C[Si](C)(C)CCOCn1ccc2c(-c3c[nH]c4ccccc34)nc(Cl)nc21. The van der Waals surface area contributed by atoms with Crippen molar-refractivity contribution in [1.29, 1.82) is 0 Å². The van der Waals surface area contributed by atoms with E-state index in [9.17, 15) is 0 Å². The Morgan fingerprint density at radius 1 is 1.11 bits per heavy atom. The molecule has 4 aromatic rings. The highest BCUT2D eigenvalue weighted by molar-refractivity contribution is 6.76. The van der Waals surface area contributed by atoms with Gasteiger partial charge in [-0.05, 0) is 29.8 Å². The third-order valence-corrected chi connectivity index (χ3v) is 6.54. The fourth-order valence-corrected chi connectivity index (χ4v) is 4.08. The standard InChI is InChI=1S/C20H23ClN4OSi/c1-27(2,3)11-10-26-13-25-9-8-15-18(23-20(21)24-19(15)25)16-12-22-17-7-5-4-6-14(16)17/h4-9,12,22H,10-11,13H2,1-3H3. The molecule has 27 heavy (non-hydrogen) atoms. The lowest BCUT2D eigenvalue weighted by atomic mass is 10.1. The third kappa shape index (κ3) is 3.78. The first-order valence-electron chi connectivity index (χ1n) is 9.09. The Kier molecular flexibility index (Phi) is 4.80. The molecule has 0 saturated carbocycles. The maximum absolute atomic E-state index is 6.26. The number of fused-ring (bicyclic) bond motifs is 2. The lowest BCUT2D eigenvalue weighted by Crippen LogP contribution is -2.22. The summed E-state index contributed by atoms with van der Waals surface area (Å²) in [5.74, 6) is 0. The highest BCUT2D eigenvalue weighted by atomic mass is 35.5. The van der Waals surface area contributed by atoms with Crippen LogP contribution in [0.3, 0.4) is 0 Å². The van der Waals surface area contributed by atoms with Crippen LogP contribution >= 0.6 is 11.6 Å². The molecule has 7 heteroatoms. The van der Waals surface area contributed by atoms with Crippen LogP contribution in [-0.2, 0) is 11.5 Å². The molecule has 0 saturated heterocycles. The average Bonchev–Trinajstić information content (AvgIpc) is 3.21. The Hall–Kier alpha value is -2.15. The van der Waals surface area contributed by atoms with E-state index < -0.39 is 8.07 Å². The van der Waals surface area contributed by atoms with Gasteiger partial charge in [0.25, 0.3) is 0 Å². The van der Waals surface area contributed by atoms with Crippen LogP contribution in [0.1, 0.15) is 0 Å². The number of aromatic nitrogens is 4. The molecule has 140 valence electrons. The Balaban J connectivity index is 1.68. The smallest absolute Gasteiger partial charge is 0.224 e. The largest absolute Gasteiger partial charge is 0.361 e. The third-order valence-electron chi connectivity index (χ3n) is 4.66. The topological polar surface area (TPSA) is 55.7 Å². The Morgan fingerprint density at radius 2 is 1.93 bits per heavy atom. The van der Waals surface area contributed by atoms with Gasteiger partial charge in [-0.2, -0.15) is 4.98 Å². The number of halogens is 1. The zero-order valence-electron chi connectivity index (χ0n) is 15.8. The number of para-hydroxylation sites is 1. The summed E-state index contributed by atoms with van der Waals surface area (Å²) in [5.41, 5.74) is 3.73. The van der Waals surface area contributed by atoms with Crippen LogP contribution in [0.15, 0.2) is 42.7 Å². The summed E-state index contributed by atoms with van der Waals surface area (Å²) in [5, 5.41) is 2.33. The quantitative estimate of drug-likeness (QED) is 0.263. The van der Waals surface area contributed by atoms with Crippen molar-refractivity contribution in [2.45, 2.75) is 32.4 Å². The molecule has 3 aromatic heterocycles. The molecule has 0 fully saturated rings. The Morgan fingerprint density at radius 3 is 2.74 bits per heavy atom. The van der Waals surface area contributed by atoms with Crippen molar-refractivity contribution in [1.82, 2.24) is 19.5 Å². The van der Waals surface area contributed by atoms with Gasteiger partial charge in [0.2, 0.25) is 5.28 Å². The van der Waals surface area contributed by atoms with Crippen molar-refractivity contribution in [3.8, 4) is 11.3 Å². The molecular formula is C20H23ClN4OSi. The molecule has 4 rings (SSSR count). The summed E-state index contributed by atoms with van der Waals surface area (Å²) in [6.45, 7) is 8.28. The number of benzene rings is 1. The Bertz CT molecular complexity index is 1100. The van der Waals surface area contributed by atoms with E-state index in [1.54, 1.807) is 0 Å². The highest BCUT2D eigenvalue weighted by Gasteiger charge is 2.16. The van der Waals surface area contributed by atoms with Crippen molar-refractivity contribution in [2.75, 3.05) is 6.61 Å². The molecule has 3 heterocycles. The number of H-pyrrole nitrogens is 1. The van der Waals surface area contributed by atoms with Gasteiger partial charge < -0.3 is 14.3 Å². The van der Waals surface area contributed by atoms with Gasteiger partial charge in [0, 0.05) is 48.9 Å². The van der Waals surface area contributed by atoms with Crippen molar-refractivity contribution >= 4 is 41.6 Å². The van der Waals surface area contributed by atoms with Crippen molar-refractivity contribution < 1.29 is 4.74 Å². The maximum atomic E-state index is 6.26. The minimum Gasteiger partial charge on any atom is -0.361 e. The molecule has 0 amide bonds. The van der Waals surface area contributed by atoms with Gasteiger partial charge in [0.1, 0.15) is 12.4 Å². The lowest BCUT2D eigenvalue weighted by Gasteiger charge is -2.15. The van der Waals surface area contributed by atoms with Gasteiger partial charge in [-0.25, -0.2) is 4.98 Å². The van der Waals surface area contributed by atoms with Crippen LogP contribution in [0.4, 0.5) is 0 Å². The number of nitrogens with zero attached hydrogens (tertiary/aromatic N) is 3. The van der Waals surface area contributed by atoms with E-state index in [-0.39, 0.29) is 5.28 Å². The van der Waals surface area contributed by atoms with Crippen LogP contribution in [0.25, 0.3) is 33.2 Å². The van der Waals surface area contributed by atoms with Gasteiger partial charge in [0.15, 0.2) is 0 Å². The van der Waals surface area contributed by atoms with Crippen LogP contribution < -0.4 is 0 Å². The Labute approximate surface area is 164 Å². The van der Waals surface area contributed by atoms with Gasteiger partial charge in [-0.3, -0.25) is 0 Å². The van der Waals surface area contributed by atoms with E-state index >= 15 is 0 Å². The summed E-state index contributed by atoms with van der Waals surface area (Å²) >= 11 is 6.26. The van der Waals surface area contributed by atoms with Crippen molar-refractivity contribution in [2.24, 2.45) is 0 Å². The zero-order chi connectivity index (χ0) is 19.0. The van der Waals surface area contributed by atoms with Crippen LogP contribution in [0.5, 0.6) is 0 Å². The predicted octanol–water partition coefficient (Wildman–Crippen LogP) is 5.55. The number of hydrogen-bond donors (Lipinski definition) is 1. The van der Waals surface area contributed by atoms with Gasteiger partial charge >= 0.3 is 0 Å². The molecule has 0 bridgehead atoms. The fourth-order valence-electron chi connectivity index (χ4n) is 3.16. The highest BCUT2D eigenvalue weighted by Crippen LogP contribution is 2.33. The van der Waals surface area contributed by atoms with E-state index in [0.717, 1.165) is 45.8 Å². The number of rotatable bonds is 6. The van der Waals surface area contributed by atoms with Crippen molar-refractivity contribution in [3.05, 3.63) is 48.0 Å². The molecule has 0 aliphatic carbocycles. The first kappa shape index (κ1) is 18.2. The number of hydrogen-bond acceptors (Lipinski definition) is 3. The van der Waals surface area contributed by atoms with E-state index in [1.165, 1.54) is 0 Å². The molecule has 1 N–H and O–H groups in total. The zero-order valence-corrected chi connectivity index (χ0v) is 17.5. The van der Waals surface area contributed by atoms with E-state index in [0.29, 0.717) is 6.73 Å². The second-order valence-corrected chi connectivity index (χ2v) is 13.9. The van der Waals surface area contributed by atoms with Gasteiger partial charge in [-0.1, -0.05) is 37.8 Å². The number of nitrogens with one attached hydrogen (secondary N) is 1. The van der Waals surface area contributed by atoms with E-state index in [2.05, 4.69) is 46.7 Å². The van der Waals surface area contributed by atoms with E-state index in [1.807, 2.05) is 35.2 Å². The average molecular weight is 399 g/mol. The monoisotopic (exact) mass is 398 g/mol. The molecule has 0 radical (unpaired) electrons. The predicted molar refractivity (Wildman–Crippen MR) is 114 cm³/mol. The molecule has 0 aliphatic rings. The van der Waals surface area contributed by atoms with Gasteiger partial charge in [0.05, 0.1) is 5.69 Å². The second kappa shape index (κ2) is 7.11. The maximum Gasteiger partial charge on any atom is 0.224 e. The summed E-state index contributed by atoms with van der Waals surface area (Å²) in [7, 11) is -1.10.